The molecular formula is C9H7BrZn-. The van der Waals surface area contributed by atoms with E-state index < -0.39 is 0 Å². The van der Waals surface area contributed by atoms with Crippen LogP contribution in [-0.4, -0.2) is 0 Å². The summed E-state index contributed by atoms with van der Waals surface area (Å²) in [7, 11) is 0. The van der Waals surface area contributed by atoms with E-state index in [1.165, 1.54) is 5.56 Å². The summed E-state index contributed by atoms with van der Waals surface area (Å²) in [5.74, 6) is 2.30. The van der Waals surface area contributed by atoms with Crippen molar-refractivity contribution in [2.75, 3.05) is 0 Å². The van der Waals surface area contributed by atoms with Crippen LogP contribution in [-0.2, 0) is 19.5 Å². The van der Waals surface area contributed by atoms with Gasteiger partial charge in [-0.05, 0) is 25.5 Å². The Kier molecular flexibility index (Phi) is 8.06. The van der Waals surface area contributed by atoms with Gasteiger partial charge in [0.1, 0.15) is 0 Å². The molecular weight excluding hydrogens is 253 g/mol. The van der Waals surface area contributed by atoms with Crippen LogP contribution >= 0.6 is 0 Å². The van der Waals surface area contributed by atoms with E-state index >= 15 is 0 Å². The van der Waals surface area contributed by atoms with Crippen LogP contribution in [0.4, 0.5) is 0 Å². The molecule has 1 radical (unpaired) electrons. The van der Waals surface area contributed by atoms with Crippen LogP contribution in [0, 0.1) is 19.3 Å². The Morgan fingerprint density at radius 1 is 1.18 bits per heavy atom. The summed E-state index contributed by atoms with van der Waals surface area (Å²) in [5.41, 5.74) is 2.05. The van der Waals surface area contributed by atoms with Gasteiger partial charge in [-0.2, -0.15) is 0 Å². The topological polar surface area (TPSA) is 0 Å². The number of aryl methyl sites for hydroxylation is 1. The third-order valence-corrected chi connectivity index (χ3v) is 1.20. The van der Waals surface area contributed by atoms with Crippen molar-refractivity contribution in [1.82, 2.24) is 0 Å². The minimum absolute atomic E-state index is 0. The molecule has 0 N–H and O–H groups in total. The largest absolute Gasteiger partial charge is 1.00 e. The van der Waals surface area contributed by atoms with E-state index in [1.807, 2.05) is 31.2 Å². The monoisotopic (exact) mass is 258 g/mol. The van der Waals surface area contributed by atoms with E-state index in [0.29, 0.717) is 0 Å². The molecule has 0 aliphatic rings. The molecule has 53 valence electrons. The minimum Gasteiger partial charge on any atom is -1.00 e. The molecule has 1 aromatic carbocycles. The van der Waals surface area contributed by atoms with Gasteiger partial charge in [-0.1, -0.05) is 23.6 Å². The Balaban J connectivity index is 0. The second-order valence-electron chi connectivity index (χ2n) is 1.99. The second-order valence-corrected chi connectivity index (χ2v) is 1.99. The van der Waals surface area contributed by atoms with E-state index in [9.17, 15) is 0 Å². The Hall–Kier alpha value is -0.117. The molecule has 11 heavy (non-hydrogen) atoms. The molecule has 0 unspecified atom stereocenters. The molecule has 1 aromatic rings. The van der Waals surface area contributed by atoms with Crippen molar-refractivity contribution in [3.05, 3.63) is 41.8 Å². The van der Waals surface area contributed by atoms with Crippen LogP contribution in [0.2, 0.25) is 0 Å². The fraction of sp³-hybridized carbons (Fsp3) is 0.111. The molecule has 0 nitrogen and oxygen atoms in total. The molecule has 0 fully saturated rings. The number of halogens is 1. The van der Waals surface area contributed by atoms with Gasteiger partial charge in [0.25, 0.3) is 0 Å². The van der Waals surface area contributed by atoms with Crippen molar-refractivity contribution in [1.29, 1.82) is 0 Å². The van der Waals surface area contributed by atoms with Gasteiger partial charge in [0, 0.05) is 25.0 Å². The van der Waals surface area contributed by atoms with Gasteiger partial charge < -0.3 is 17.0 Å². The van der Waals surface area contributed by atoms with Crippen molar-refractivity contribution in [3.8, 4) is 5.92 Å². The number of hydrogen-bond donors (Lipinski definition) is 0. The van der Waals surface area contributed by atoms with Gasteiger partial charge in [0.05, 0.1) is 0 Å². The molecule has 0 aliphatic heterocycles. The fourth-order valence-corrected chi connectivity index (χ4v) is 0.637. The molecule has 0 saturated heterocycles. The van der Waals surface area contributed by atoms with Crippen LogP contribution < -0.4 is 17.0 Å². The van der Waals surface area contributed by atoms with Crippen LogP contribution in [0.5, 0.6) is 0 Å². The van der Waals surface area contributed by atoms with Crippen molar-refractivity contribution < 1.29 is 36.5 Å². The first kappa shape index (κ1) is 13.5. The molecule has 0 aromatic heterocycles. The Morgan fingerprint density at radius 2 is 1.64 bits per heavy atom. The first-order valence-electron chi connectivity index (χ1n) is 2.82. The number of benzene rings is 1. The van der Waals surface area contributed by atoms with Crippen molar-refractivity contribution in [3.63, 3.8) is 0 Å². The van der Waals surface area contributed by atoms with E-state index in [2.05, 4.69) is 5.92 Å². The van der Waals surface area contributed by atoms with E-state index in [0.717, 1.165) is 5.56 Å². The predicted molar refractivity (Wildman–Crippen MR) is 37.4 cm³/mol. The smallest absolute Gasteiger partial charge is 0.0255 e. The standard InChI is InChI=1S/C9H7.BrH.Zn/c1-3-9-6-4-8(2)5-7-9;;/h4-7H,2H3;1H;/p-1. The third-order valence-electron chi connectivity index (χ3n) is 1.20. The van der Waals surface area contributed by atoms with E-state index in [4.69, 9.17) is 6.42 Å². The molecule has 1 rings (SSSR count). The maximum Gasteiger partial charge on any atom is 0.0255 e. The Morgan fingerprint density at radius 3 is 2.00 bits per heavy atom. The zero-order chi connectivity index (χ0) is 6.69. The summed E-state index contributed by atoms with van der Waals surface area (Å²) in [6.07, 6.45) is 6.76. The fourth-order valence-electron chi connectivity index (χ4n) is 0.637. The van der Waals surface area contributed by atoms with Crippen molar-refractivity contribution in [2.24, 2.45) is 0 Å². The van der Waals surface area contributed by atoms with Crippen LogP contribution in [0.1, 0.15) is 11.1 Å². The predicted octanol–water partition coefficient (Wildman–Crippen LogP) is -1.07. The molecule has 0 spiro atoms. The van der Waals surface area contributed by atoms with Gasteiger partial charge in [-0.25, -0.2) is 0 Å². The summed E-state index contributed by atoms with van der Waals surface area (Å²) in [4.78, 5) is 0. The zero-order valence-electron chi connectivity index (χ0n) is 6.39. The van der Waals surface area contributed by atoms with Crippen molar-refractivity contribution >= 4 is 0 Å². The van der Waals surface area contributed by atoms with Gasteiger partial charge in [0.15, 0.2) is 0 Å². The number of hydrogen-bond acceptors (Lipinski definition) is 0. The maximum atomic E-state index is 6.76. The Labute approximate surface area is 90.9 Å². The molecule has 0 saturated carbocycles. The van der Waals surface area contributed by atoms with Gasteiger partial charge >= 0.3 is 0 Å². The summed E-state index contributed by atoms with van der Waals surface area (Å²) >= 11 is 0. The van der Waals surface area contributed by atoms with Crippen LogP contribution in [0.25, 0.3) is 0 Å². The van der Waals surface area contributed by atoms with Gasteiger partial charge in [0.2, 0.25) is 0 Å². The van der Waals surface area contributed by atoms with Crippen LogP contribution in [0.15, 0.2) is 24.3 Å². The SMILES string of the molecule is [Br-].[C]#Cc1ccc(C)cc1.[Zn]. The maximum absolute atomic E-state index is 6.76. The molecule has 2 heteroatoms. The first-order chi connectivity index (χ1) is 4.33. The van der Waals surface area contributed by atoms with Crippen LogP contribution in [0.3, 0.4) is 0 Å². The quantitative estimate of drug-likeness (QED) is 0.412. The summed E-state index contributed by atoms with van der Waals surface area (Å²) < 4.78 is 0. The molecule has 0 amide bonds. The third kappa shape index (κ3) is 4.35. The number of rotatable bonds is 0. The summed E-state index contributed by atoms with van der Waals surface area (Å²) in [6, 6.07) is 7.69. The average molecular weight is 260 g/mol. The summed E-state index contributed by atoms with van der Waals surface area (Å²) in [5, 5.41) is 0. The van der Waals surface area contributed by atoms with E-state index in [1.54, 1.807) is 0 Å². The minimum atomic E-state index is 0. The van der Waals surface area contributed by atoms with Gasteiger partial charge in [-0.3, -0.25) is 0 Å². The first-order valence-corrected chi connectivity index (χ1v) is 2.82. The van der Waals surface area contributed by atoms with E-state index in [-0.39, 0.29) is 36.5 Å². The Bertz CT molecular complexity index is 233. The normalized spacial score (nSPS) is 6.91. The molecule has 0 atom stereocenters. The van der Waals surface area contributed by atoms with Gasteiger partial charge in [-0.15, -0.1) is 0 Å². The zero-order valence-corrected chi connectivity index (χ0v) is 10.9. The summed E-state index contributed by atoms with van der Waals surface area (Å²) in [6.45, 7) is 2.02. The van der Waals surface area contributed by atoms with Crippen molar-refractivity contribution in [2.45, 2.75) is 6.92 Å². The molecule has 0 heterocycles. The molecule has 0 bridgehead atoms. The molecule has 0 aliphatic carbocycles. The second kappa shape index (κ2) is 6.58. The average Bonchev–Trinajstić information content (AvgIpc) is 1.90.